The second-order valence-corrected chi connectivity index (χ2v) is 5.64. The molecule has 1 rings (SSSR count). The predicted molar refractivity (Wildman–Crippen MR) is 85.4 cm³/mol. The van der Waals surface area contributed by atoms with Crippen molar-refractivity contribution < 1.29 is 4.79 Å². The Kier molecular flexibility index (Phi) is 6.95. The molecule has 0 aliphatic carbocycles. The Bertz CT molecular complexity index is 449. The van der Waals surface area contributed by atoms with E-state index in [1.807, 2.05) is 11.8 Å². The first kappa shape index (κ1) is 16.9. The van der Waals surface area contributed by atoms with Crippen LogP contribution in [-0.4, -0.2) is 28.9 Å². The fourth-order valence-electron chi connectivity index (χ4n) is 2.10. The van der Waals surface area contributed by atoms with E-state index in [0.717, 1.165) is 23.9 Å². The van der Waals surface area contributed by atoms with Crippen LogP contribution in [0.5, 0.6) is 0 Å². The van der Waals surface area contributed by atoms with E-state index >= 15 is 0 Å². The maximum Gasteiger partial charge on any atom is 0.257 e. The number of rotatable bonds is 7. The summed E-state index contributed by atoms with van der Waals surface area (Å²) < 4.78 is 0.762. The average Bonchev–Trinajstić information content (AvgIpc) is 2.48. The molecule has 6 heteroatoms. The summed E-state index contributed by atoms with van der Waals surface area (Å²) in [5, 5.41) is 0. The Morgan fingerprint density at radius 3 is 2.60 bits per heavy atom. The molecular weight excluding hydrogens is 320 g/mol. The molecule has 0 radical (unpaired) electrons. The van der Waals surface area contributed by atoms with Gasteiger partial charge in [0.15, 0.2) is 5.82 Å². The number of nitrogens with zero attached hydrogens (tertiary/aromatic N) is 2. The van der Waals surface area contributed by atoms with Gasteiger partial charge in [-0.25, -0.2) is 10.8 Å². The average molecular weight is 343 g/mol. The zero-order chi connectivity index (χ0) is 15.1. The van der Waals surface area contributed by atoms with Crippen LogP contribution in [0.3, 0.4) is 0 Å². The van der Waals surface area contributed by atoms with Gasteiger partial charge in [0.1, 0.15) is 0 Å². The molecule has 3 N–H and O–H groups in total. The highest BCUT2D eigenvalue weighted by atomic mass is 79.9. The number of nitrogens with one attached hydrogen (secondary N) is 1. The molecule has 0 atom stereocenters. The number of carbonyl (C=O) groups is 1. The minimum absolute atomic E-state index is 0.0406. The second-order valence-electron chi connectivity index (χ2n) is 4.72. The molecule has 0 fully saturated rings. The first-order chi connectivity index (χ1) is 9.57. The van der Waals surface area contributed by atoms with Gasteiger partial charge in [0.25, 0.3) is 5.91 Å². The Balaban J connectivity index is 2.98. The van der Waals surface area contributed by atoms with Gasteiger partial charge in [-0.2, -0.15) is 0 Å². The highest BCUT2D eigenvalue weighted by Gasteiger charge is 2.21. The number of carbonyl (C=O) groups excluding carboxylic acids is 1. The Morgan fingerprint density at radius 2 is 2.10 bits per heavy atom. The fraction of sp³-hybridized carbons (Fsp3) is 0.571. The number of anilines is 1. The van der Waals surface area contributed by atoms with Crippen LogP contribution in [0, 0.1) is 5.92 Å². The van der Waals surface area contributed by atoms with Gasteiger partial charge in [-0.1, -0.05) is 26.7 Å². The number of hydrazine groups is 1. The first-order valence-corrected chi connectivity index (χ1v) is 7.77. The van der Waals surface area contributed by atoms with Crippen molar-refractivity contribution in [1.82, 2.24) is 9.88 Å². The van der Waals surface area contributed by atoms with Crippen molar-refractivity contribution in [3.63, 3.8) is 0 Å². The van der Waals surface area contributed by atoms with Gasteiger partial charge < -0.3 is 10.3 Å². The van der Waals surface area contributed by atoms with Gasteiger partial charge in [-0.3, -0.25) is 4.79 Å². The van der Waals surface area contributed by atoms with E-state index in [2.05, 4.69) is 40.2 Å². The SMILES string of the molecule is CCC(CC)CN(CC)C(=O)c1cc(Br)cnc1NN. The minimum Gasteiger partial charge on any atom is -0.339 e. The molecule has 0 saturated heterocycles. The van der Waals surface area contributed by atoms with Crippen LogP contribution in [0.1, 0.15) is 44.0 Å². The summed E-state index contributed by atoms with van der Waals surface area (Å²) in [7, 11) is 0. The van der Waals surface area contributed by atoms with Crippen molar-refractivity contribution in [1.29, 1.82) is 0 Å². The van der Waals surface area contributed by atoms with Crippen LogP contribution < -0.4 is 11.3 Å². The molecule has 0 aromatic carbocycles. The number of nitrogen functional groups attached to an aromatic ring is 1. The molecule has 0 aliphatic heterocycles. The third kappa shape index (κ3) is 4.18. The van der Waals surface area contributed by atoms with Gasteiger partial charge in [0, 0.05) is 23.8 Å². The van der Waals surface area contributed by atoms with Crippen LogP contribution in [0.4, 0.5) is 5.82 Å². The lowest BCUT2D eigenvalue weighted by Crippen LogP contribution is -2.35. The molecule has 20 heavy (non-hydrogen) atoms. The van der Waals surface area contributed by atoms with E-state index in [4.69, 9.17) is 5.84 Å². The summed E-state index contributed by atoms with van der Waals surface area (Å²) in [5.74, 6) is 6.32. The van der Waals surface area contributed by atoms with Crippen LogP contribution >= 0.6 is 15.9 Å². The predicted octanol–water partition coefficient (Wildman–Crippen LogP) is 3.03. The number of aromatic nitrogens is 1. The Morgan fingerprint density at radius 1 is 1.45 bits per heavy atom. The maximum atomic E-state index is 12.6. The molecule has 0 bridgehead atoms. The molecule has 0 unspecified atom stereocenters. The largest absolute Gasteiger partial charge is 0.339 e. The number of nitrogens with two attached hydrogens (primary N) is 1. The number of amides is 1. The smallest absolute Gasteiger partial charge is 0.257 e. The molecule has 0 aliphatic rings. The van der Waals surface area contributed by atoms with Crippen molar-refractivity contribution in [2.45, 2.75) is 33.6 Å². The summed E-state index contributed by atoms with van der Waals surface area (Å²) >= 11 is 3.34. The second kappa shape index (κ2) is 8.21. The topological polar surface area (TPSA) is 71.2 Å². The number of hydrogen-bond donors (Lipinski definition) is 2. The minimum atomic E-state index is -0.0406. The van der Waals surface area contributed by atoms with Crippen molar-refractivity contribution in [3.8, 4) is 0 Å². The molecule has 5 nitrogen and oxygen atoms in total. The lowest BCUT2D eigenvalue weighted by Gasteiger charge is -2.26. The van der Waals surface area contributed by atoms with Crippen LogP contribution in [0.25, 0.3) is 0 Å². The molecular formula is C14H23BrN4O. The van der Waals surface area contributed by atoms with E-state index in [0.29, 0.717) is 23.8 Å². The summed E-state index contributed by atoms with van der Waals surface area (Å²) in [5.41, 5.74) is 2.98. The van der Waals surface area contributed by atoms with Gasteiger partial charge in [-0.05, 0) is 34.8 Å². The highest BCUT2D eigenvalue weighted by Crippen LogP contribution is 2.20. The lowest BCUT2D eigenvalue weighted by atomic mass is 10.0. The Labute approximate surface area is 129 Å². The fourth-order valence-corrected chi connectivity index (χ4v) is 2.43. The number of pyridine rings is 1. The zero-order valence-electron chi connectivity index (χ0n) is 12.3. The standard InChI is InChI=1S/C14H23BrN4O/c1-4-10(5-2)9-19(6-3)14(20)12-7-11(15)8-17-13(12)18-16/h7-8,10H,4-6,9,16H2,1-3H3,(H,17,18). The third-order valence-corrected chi connectivity index (χ3v) is 3.96. The molecule has 1 aromatic heterocycles. The monoisotopic (exact) mass is 342 g/mol. The molecule has 1 heterocycles. The molecule has 112 valence electrons. The summed E-state index contributed by atoms with van der Waals surface area (Å²) in [4.78, 5) is 18.6. The third-order valence-electron chi connectivity index (χ3n) is 3.52. The van der Waals surface area contributed by atoms with Crippen LogP contribution in [-0.2, 0) is 0 Å². The van der Waals surface area contributed by atoms with Crippen molar-refractivity contribution >= 4 is 27.7 Å². The quantitative estimate of drug-likeness (QED) is 0.590. The Hall–Kier alpha value is -1.14. The summed E-state index contributed by atoms with van der Waals surface area (Å²) in [6, 6.07) is 1.75. The molecule has 1 aromatic rings. The normalized spacial score (nSPS) is 10.7. The first-order valence-electron chi connectivity index (χ1n) is 6.98. The van der Waals surface area contributed by atoms with Crippen molar-refractivity contribution in [3.05, 3.63) is 22.3 Å². The van der Waals surface area contributed by atoms with E-state index in [1.165, 1.54) is 0 Å². The number of halogens is 1. The number of hydrogen-bond acceptors (Lipinski definition) is 4. The maximum absolute atomic E-state index is 12.6. The van der Waals surface area contributed by atoms with Gasteiger partial charge in [-0.15, -0.1) is 0 Å². The van der Waals surface area contributed by atoms with E-state index in [9.17, 15) is 4.79 Å². The van der Waals surface area contributed by atoms with Gasteiger partial charge in [0.05, 0.1) is 5.56 Å². The van der Waals surface area contributed by atoms with Gasteiger partial charge in [0.2, 0.25) is 0 Å². The highest BCUT2D eigenvalue weighted by molar-refractivity contribution is 9.10. The lowest BCUT2D eigenvalue weighted by molar-refractivity contribution is 0.0735. The summed E-state index contributed by atoms with van der Waals surface area (Å²) in [6.07, 6.45) is 3.75. The van der Waals surface area contributed by atoms with Crippen LogP contribution in [0.15, 0.2) is 16.7 Å². The van der Waals surface area contributed by atoms with Crippen molar-refractivity contribution in [2.75, 3.05) is 18.5 Å². The molecule has 0 saturated carbocycles. The van der Waals surface area contributed by atoms with Crippen molar-refractivity contribution in [2.24, 2.45) is 11.8 Å². The molecule has 1 amide bonds. The molecule has 0 spiro atoms. The zero-order valence-corrected chi connectivity index (χ0v) is 13.9. The van der Waals surface area contributed by atoms with E-state index in [1.54, 1.807) is 12.3 Å². The van der Waals surface area contributed by atoms with Gasteiger partial charge >= 0.3 is 0 Å². The van der Waals surface area contributed by atoms with E-state index in [-0.39, 0.29) is 5.91 Å². The van der Waals surface area contributed by atoms with E-state index < -0.39 is 0 Å². The van der Waals surface area contributed by atoms with Crippen LogP contribution in [0.2, 0.25) is 0 Å². The summed E-state index contributed by atoms with van der Waals surface area (Å²) in [6.45, 7) is 7.73.